The molecular weight excluding hydrogens is 392 g/mol. The van der Waals surface area contributed by atoms with E-state index < -0.39 is 10.8 Å². The molecule has 2 heterocycles. The Labute approximate surface area is 173 Å². The Balaban J connectivity index is 1.79. The molecule has 1 aliphatic heterocycles. The molecule has 160 valence electrons. The molecule has 0 N–H and O–H groups in total. The van der Waals surface area contributed by atoms with Gasteiger partial charge in [-0.25, -0.2) is 9.97 Å². The molecule has 1 unspecified atom stereocenters. The number of piperidine rings is 1. The normalized spacial score (nSPS) is 16.1. The van der Waals surface area contributed by atoms with Gasteiger partial charge in [-0.15, -0.1) is 0 Å². The van der Waals surface area contributed by atoms with Crippen molar-refractivity contribution in [2.24, 2.45) is 0 Å². The number of methoxy groups -OCH3 is 2. The van der Waals surface area contributed by atoms with Gasteiger partial charge in [-0.3, -0.25) is 14.9 Å². The molecule has 10 heteroatoms. The number of likely N-dealkylation sites (tertiary alicyclic amines) is 1. The first-order chi connectivity index (χ1) is 14.5. The van der Waals surface area contributed by atoms with Gasteiger partial charge in [-0.2, -0.15) is 0 Å². The van der Waals surface area contributed by atoms with E-state index >= 15 is 0 Å². The van der Waals surface area contributed by atoms with Crippen LogP contribution in [0.2, 0.25) is 0 Å². The van der Waals surface area contributed by atoms with Crippen LogP contribution in [0.3, 0.4) is 0 Å². The minimum atomic E-state index is -0.601. The average Bonchev–Trinajstić information content (AvgIpc) is 2.78. The second-order valence-corrected chi connectivity index (χ2v) is 6.84. The van der Waals surface area contributed by atoms with Crippen molar-refractivity contribution in [3.63, 3.8) is 0 Å². The lowest BCUT2D eigenvalue weighted by Crippen LogP contribution is -2.44. The van der Waals surface area contributed by atoms with Crippen LogP contribution in [0.5, 0.6) is 17.5 Å². The third-order valence-corrected chi connectivity index (χ3v) is 4.96. The highest BCUT2D eigenvalue weighted by atomic mass is 16.6. The highest BCUT2D eigenvalue weighted by Gasteiger charge is 2.31. The number of hydrogen-bond acceptors (Lipinski definition) is 8. The van der Waals surface area contributed by atoms with Crippen LogP contribution < -0.4 is 14.2 Å². The largest absolute Gasteiger partial charge is 0.493 e. The summed E-state index contributed by atoms with van der Waals surface area (Å²) >= 11 is 0. The zero-order chi connectivity index (χ0) is 21.7. The van der Waals surface area contributed by atoms with Gasteiger partial charge in [0.25, 0.3) is 11.6 Å². The number of hydrogen-bond donors (Lipinski definition) is 0. The van der Waals surface area contributed by atoms with E-state index in [0.717, 1.165) is 18.4 Å². The highest BCUT2D eigenvalue weighted by Crippen LogP contribution is 2.35. The number of rotatable bonds is 7. The Morgan fingerprint density at radius 2 is 1.90 bits per heavy atom. The summed E-state index contributed by atoms with van der Waals surface area (Å²) in [7, 11) is 2.79. The number of benzene rings is 1. The second kappa shape index (κ2) is 9.38. The molecule has 30 heavy (non-hydrogen) atoms. The van der Waals surface area contributed by atoms with Crippen molar-refractivity contribution >= 4 is 11.6 Å². The van der Waals surface area contributed by atoms with Gasteiger partial charge >= 0.3 is 6.01 Å². The van der Waals surface area contributed by atoms with Crippen LogP contribution in [0, 0.1) is 10.1 Å². The third kappa shape index (κ3) is 4.58. The Morgan fingerprint density at radius 3 is 2.50 bits per heavy atom. The molecule has 0 bridgehead atoms. The SMILES string of the molecule is CCc1cnc(OC2CCCN(C(=O)c3cc(OC)c(OC)cc3[N+](=O)[O-])C2)nc1. The molecule has 0 aliphatic carbocycles. The number of aromatic nitrogens is 2. The Morgan fingerprint density at radius 1 is 1.23 bits per heavy atom. The monoisotopic (exact) mass is 416 g/mol. The van der Waals surface area contributed by atoms with Crippen LogP contribution in [0.4, 0.5) is 5.69 Å². The van der Waals surface area contributed by atoms with Crippen molar-refractivity contribution in [2.45, 2.75) is 32.3 Å². The standard InChI is InChI=1S/C20H24N4O6/c1-4-13-10-21-20(22-11-13)30-14-6-5-7-23(12-14)19(25)15-8-17(28-2)18(29-3)9-16(15)24(26)27/h8-11,14H,4-7,12H2,1-3H3. The fourth-order valence-corrected chi connectivity index (χ4v) is 3.32. The maximum Gasteiger partial charge on any atom is 0.316 e. The van der Waals surface area contributed by atoms with Crippen molar-refractivity contribution in [1.29, 1.82) is 0 Å². The van der Waals surface area contributed by atoms with Gasteiger partial charge in [0.2, 0.25) is 0 Å². The van der Waals surface area contributed by atoms with Crippen LogP contribution in [0.15, 0.2) is 24.5 Å². The molecule has 10 nitrogen and oxygen atoms in total. The summed E-state index contributed by atoms with van der Waals surface area (Å²) in [5.74, 6) is -0.0212. The Kier molecular flexibility index (Phi) is 6.65. The summed E-state index contributed by atoms with van der Waals surface area (Å²) in [6.45, 7) is 2.76. The van der Waals surface area contributed by atoms with E-state index in [1.807, 2.05) is 6.92 Å². The number of aryl methyl sites for hydroxylation is 1. The maximum atomic E-state index is 13.1. The predicted molar refractivity (Wildman–Crippen MR) is 107 cm³/mol. The Bertz CT molecular complexity index is 918. The lowest BCUT2D eigenvalue weighted by Gasteiger charge is -2.32. The molecule has 0 spiro atoms. The van der Waals surface area contributed by atoms with E-state index in [-0.39, 0.29) is 41.4 Å². The van der Waals surface area contributed by atoms with Crippen LogP contribution in [-0.4, -0.2) is 59.1 Å². The summed E-state index contributed by atoms with van der Waals surface area (Å²) in [6, 6.07) is 2.80. The molecule has 2 aromatic rings. The van der Waals surface area contributed by atoms with E-state index in [0.29, 0.717) is 13.0 Å². The number of carbonyl (C=O) groups excluding carboxylic acids is 1. The van der Waals surface area contributed by atoms with Gasteiger partial charge in [0.15, 0.2) is 11.5 Å². The fraction of sp³-hybridized carbons (Fsp3) is 0.450. The van der Waals surface area contributed by atoms with Crippen molar-refractivity contribution in [1.82, 2.24) is 14.9 Å². The third-order valence-electron chi connectivity index (χ3n) is 4.96. The van der Waals surface area contributed by atoms with Crippen molar-refractivity contribution < 1.29 is 23.9 Å². The van der Waals surface area contributed by atoms with E-state index in [9.17, 15) is 14.9 Å². The van der Waals surface area contributed by atoms with E-state index in [2.05, 4.69) is 9.97 Å². The van der Waals surface area contributed by atoms with Gasteiger partial charge < -0.3 is 19.1 Å². The molecule has 1 aromatic carbocycles. The molecule has 1 aliphatic rings. The minimum absolute atomic E-state index is 0.0538. The van der Waals surface area contributed by atoms with Gasteiger partial charge in [0.05, 0.1) is 31.8 Å². The molecule has 1 saturated heterocycles. The van der Waals surface area contributed by atoms with Crippen molar-refractivity contribution in [3.05, 3.63) is 45.8 Å². The van der Waals surface area contributed by atoms with Crippen molar-refractivity contribution in [2.75, 3.05) is 27.3 Å². The zero-order valence-electron chi connectivity index (χ0n) is 17.2. The van der Waals surface area contributed by atoms with Crippen LogP contribution >= 0.6 is 0 Å². The molecule has 3 rings (SSSR count). The van der Waals surface area contributed by atoms with E-state index in [4.69, 9.17) is 14.2 Å². The number of amides is 1. The summed E-state index contributed by atoms with van der Waals surface area (Å²) in [5.41, 5.74) is 0.615. The molecule has 1 aromatic heterocycles. The quantitative estimate of drug-likeness (QED) is 0.499. The van der Waals surface area contributed by atoms with Gasteiger partial charge in [0, 0.05) is 25.0 Å². The molecule has 1 amide bonds. The fourth-order valence-electron chi connectivity index (χ4n) is 3.32. The van der Waals surface area contributed by atoms with E-state index in [1.54, 1.807) is 17.3 Å². The van der Waals surface area contributed by atoms with Crippen LogP contribution in [0.1, 0.15) is 35.7 Å². The van der Waals surface area contributed by atoms with Crippen LogP contribution in [-0.2, 0) is 6.42 Å². The summed E-state index contributed by atoms with van der Waals surface area (Å²) in [4.78, 5) is 34.0. The van der Waals surface area contributed by atoms with Gasteiger partial charge in [0.1, 0.15) is 11.7 Å². The molecule has 1 atom stereocenters. The Hall–Kier alpha value is -3.43. The maximum absolute atomic E-state index is 13.1. The summed E-state index contributed by atoms with van der Waals surface area (Å²) in [6.07, 6.45) is 5.38. The highest BCUT2D eigenvalue weighted by molar-refractivity contribution is 5.99. The number of nitrogens with zero attached hydrogens (tertiary/aromatic N) is 4. The average molecular weight is 416 g/mol. The molecule has 0 saturated carbocycles. The lowest BCUT2D eigenvalue weighted by atomic mass is 10.1. The van der Waals surface area contributed by atoms with Crippen molar-refractivity contribution in [3.8, 4) is 17.5 Å². The number of nitro groups is 1. The molecular formula is C20H24N4O6. The minimum Gasteiger partial charge on any atom is -0.493 e. The zero-order valence-corrected chi connectivity index (χ0v) is 17.2. The first kappa shape index (κ1) is 21.3. The smallest absolute Gasteiger partial charge is 0.316 e. The first-order valence-corrected chi connectivity index (χ1v) is 9.64. The summed E-state index contributed by atoms with van der Waals surface area (Å²) in [5, 5.41) is 11.5. The second-order valence-electron chi connectivity index (χ2n) is 6.84. The predicted octanol–water partition coefficient (Wildman–Crippen LogP) is 2.65. The topological polar surface area (TPSA) is 117 Å². The number of nitro benzene ring substituents is 1. The van der Waals surface area contributed by atoms with Gasteiger partial charge in [-0.1, -0.05) is 6.92 Å². The summed E-state index contributed by atoms with van der Waals surface area (Å²) < 4.78 is 16.2. The van der Waals surface area contributed by atoms with Gasteiger partial charge in [-0.05, 0) is 24.8 Å². The number of ether oxygens (including phenoxy) is 3. The first-order valence-electron chi connectivity index (χ1n) is 9.64. The number of carbonyl (C=O) groups is 1. The molecule has 1 fully saturated rings. The lowest BCUT2D eigenvalue weighted by molar-refractivity contribution is -0.385. The van der Waals surface area contributed by atoms with E-state index in [1.165, 1.54) is 26.4 Å². The van der Waals surface area contributed by atoms with Crippen LogP contribution in [0.25, 0.3) is 0 Å². The molecule has 0 radical (unpaired) electrons.